The third-order valence-corrected chi connectivity index (χ3v) is 3.63. The van der Waals surface area contributed by atoms with E-state index in [-0.39, 0.29) is 5.52 Å². The van der Waals surface area contributed by atoms with E-state index in [1.54, 1.807) is 37.4 Å². The molecule has 0 atom stereocenters. The van der Waals surface area contributed by atoms with Gasteiger partial charge in [-0.05, 0) is 24.3 Å². The van der Waals surface area contributed by atoms with Crippen LogP contribution in [0.1, 0.15) is 5.56 Å². The Kier molecular flexibility index (Phi) is 3.60. The molecule has 118 valence electrons. The lowest BCUT2D eigenvalue weighted by molar-refractivity contribution is -0.137. The number of pyridine rings is 1. The van der Waals surface area contributed by atoms with Crippen LogP contribution in [0.4, 0.5) is 18.9 Å². The second-order valence-electron chi connectivity index (χ2n) is 5.05. The predicted octanol–water partition coefficient (Wildman–Crippen LogP) is 4.05. The van der Waals surface area contributed by atoms with Crippen LogP contribution in [0.5, 0.6) is 0 Å². The van der Waals surface area contributed by atoms with E-state index in [1.807, 2.05) is 0 Å². The van der Waals surface area contributed by atoms with Crippen LogP contribution in [0.25, 0.3) is 16.6 Å². The van der Waals surface area contributed by atoms with E-state index < -0.39 is 17.3 Å². The number of fused-ring (bicyclic) bond motifs is 1. The van der Waals surface area contributed by atoms with E-state index in [4.69, 9.17) is 0 Å². The van der Waals surface area contributed by atoms with Gasteiger partial charge in [-0.2, -0.15) is 13.2 Å². The molecular formula is C17H13F3N2O. The molecule has 0 saturated carbocycles. The van der Waals surface area contributed by atoms with Crippen molar-refractivity contribution in [2.45, 2.75) is 6.18 Å². The summed E-state index contributed by atoms with van der Waals surface area (Å²) in [5, 5.41) is 3.40. The zero-order chi connectivity index (χ0) is 16.6. The average molecular weight is 318 g/mol. The SMILES string of the molecule is CNc1cc(=O)n(-c2ccccc2)c2cc(C(F)(F)F)ccc12. The topological polar surface area (TPSA) is 34.0 Å². The van der Waals surface area contributed by atoms with Crippen molar-refractivity contribution in [3.05, 3.63) is 70.5 Å². The first-order valence-electron chi connectivity index (χ1n) is 6.92. The van der Waals surface area contributed by atoms with Crippen LogP contribution in [-0.2, 0) is 6.18 Å². The van der Waals surface area contributed by atoms with Crippen LogP contribution in [0.2, 0.25) is 0 Å². The van der Waals surface area contributed by atoms with Crippen molar-refractivity contribution in [2.75, 3.05) is 12.4 Å². The first kappa shape index (κ1) is 15.1. The van der Waals surface area contributed by atoms with Crippen LogP contribution in [-0.4, -0.2) is 11.6 Å². The minimum absolute atomic E-state index is 0.211. The number of hydrogen-bond donors (Lipinski definition) is 1. The number of nitrogens with one attached hydrogen (secondary N) is 1. The molecule has 0 radical (unpaired) electrons. The van der Waals surface area contributed by atoms with E-state index in [0.29, 0.717) is 16.8 Å². The zero-order valence-corrected chi connectivity index (χ0v) is 12.2. The summed E-state index contributed by atoms with van der Waals surface area (Å²) in [6.07, 6.45) is -4.47. The fourth-order valence-electron chi connectivity index (χ4n) is 2.56. The number of hydrogen-bond acceptors (Lipinski definition) is 2. The molecule has 0 saturated heterocycles. The molecule has 0 unspecified atom stereocenters. The summed E-state index contributed by atoms with van der Waals surface area (Å²) < 4.78 is 40.4. The van der Waals surface area contributed by atoms with Crippen molar-refractivity contribution >= 4 is 16.6 Å². The summed E-state index contributed by atoms with van der Waals surface area (Å²) in [7, 11) is 1.62. The van der Waals surface area contributed by atoms with Crippen molar-refractivity contribution in [2.24, 2.45) is 0 Å². The quantitative estimate of drug-likeness (QED) is 0.773. The maximum atomic E-state index is 13.0. The Hall–Kier alpha value is -2.76. The van der Waals surface area contributed by atoms with E-state index in [0.717, 1.165) is 12.1 Å². The molecule has 1 N–H and O–H groups in total. The maximum absolute atomic E-state index is 13.0. The van der Waals surface area contributed by atoms with Crippen LogP contribution < -0.4 is 10.9 Å². The molecule has 3 rings (SSSR count). The smallest absolute Gasteiger partial charge is 0.387 e. The molecule has 0 aliphatic heterocycles. The Bertz CT molecular complexity index is 915. The average Bonchev–Trinajstić information content (AvgIpc) is 2.53. The first-order valence-corrected chi connectivity index (χ1v) is 6.92. The molecule has 0 aliphatic rings. The molecule has 3 aromatic rings. The van der Waals surface area contributed by atoms with Crippen molar-refractivity contribution in [3.63, 3.8) is 0 Å². The number of benzene rings is 2. The summed E-state index contributed by atoms with van der Waals surface area (Å²) in [6, 6.07) is 13.4. The Morgan fingerprint density at radius 1 is 1.00 bits per heavy atom. The number of alkyl halides is 3. The maximum Gasteiger partial charge on any atom is 0.416 e. The first-order chi connectivity index (χ1) is 10.9. The molecule has 0 fully saturated rings. The number of anilines is 1. The molecule has 3 nitrogen and oxygen atoms in total. The van der Waals surface area contributed by atoms with Gasteiger partial charge in [0.2, 0.25) is 0 Å². The number of rotatable bonds is 2. The van der Waals surface area contributed by atoms with Gasteiger partial charge in [-0.15, -0.1) is 0 Å². The normalized spacial score (nSPS) is 11.7. The van der Waals surface area contributed by atoms with Crippen LogP contribution >= 0.6 is 0 Å². The fourth-order valence-corrected chi connectivity index (χ4v) is 2.56. The Morgan fingerprint density at radius 3 is 2.30 bits per heavy atom. The standard InChI is InChI=1S/C17H13F3N2O/c1-21-14-10-16(23)22(12-5-3-2-4-6-12)15-9-11(17(18,19)20)7-8-13(14)15/h2-10,21H,1H3. The summed E-state index contributed by atoms with van der Waals surface area (Å²) in [4.78, 5) is 12.4. The molecule has 23 heavy (non-hydrogen) atoms. The van der Waals surface area contributed by atoms with E-state index in [2.05, 4.69) is 5.32 Å². The monoisotopic (exact) mass is 318 g/mol. The molecule has 2 aromatic carbocycles. The summed E-state index contributed by atoms with van der Waals surface area (Å²) in [6.45, 7) is 0. The molecule has 0 bridgehead atoms. The van der Waals surface area contributed by atoms with E-state index in [9.17, 15) is 18.0 Å². The van der Waals surface area contributed by atoms with Crippen LogP contribution in [0, 0.1) is 0 Å². The van der Waals surface area contributed by atoms with Crippen molar-refractivity contribution in [1.82, 2.24) is 4.57 Å². The number of nitrogens with zero attached hydrogens (tertiary/aromatic N) is 1. The third-order valence-electron chi connectivity index (χ3n) is 3.63. The fraction of sp³-hybridized carbons (Fsp3) is 0.118. The highest BCUT2D eigenvalue weighted by molar-refractivity contribution is 5.92. The van der Waals surface area contributed by atoms with Gasteiger partial charge in [0.05, 0.1) is 11.1 Å². The molecular weight excluding hydrogens is 305 g/mol. The number of halogens is 3. The Balaban J connectivity index is 2.43. The summed E-state index contributed by atoms with van der Waals surface area (Å²) in [5.41, 5.74) is 0.0352. The molecule has 0 amide bonds. The van der Waals surface area contributed by atoms with Gasteiger partial charge in [0, 0.05) is 29.9 Å². The summed E-state index contributed by atoms with van der Waals surface area (Å²) in [5.74, 6) is 0. The zero-order valence-electron chi connectivity index (χ0n) is 12.2. The number of aromatic nitrogens is 1. The molecule has 6 heteroatoms. The van der Waals surface area contributed by atoms with Gasteiger partial charge in [-0.1, -0.05) is 24.3 Å². The van der Waals surface area contributed by atoms with Gasteiger partial charge in [0.1, 0.15) is 0 Å². The lowest BCUT2D eigenvalue weighted by atomic mass is 10.1. The van der Waals surface area contributed by atoms with Crippen LogP contribution in [0.3, 0.4) is 0 Å². The van der Waals surface area contributed by atoms with Crippen LogP contribution in [0.15, 0.2) is 59.4 Å². The molecule has 1 aromatic heterocycles. The highest BCUT2D eigenvalue weighted by Crippen LogP contribution is 2.33. The van der Waals surface area contributed by atoms with Gasteiger partial charge in [0.25, 0.3) is 5.56 Å². The van der Waals surface area contributed by atoms with Gasteiger partial charge in [0.15, 0.2) is 0 Å². The minimum atomic E-state index is -4.47. The number of para-hydroxylation sites is 1. The lowest BCUT2D eigenvalue weighted by Gasteiger charge is -2.15. The van der Waals surface area contributed by atoms with Gasteiger partial charge < -0.3 is 5.32 Å². The third kappa shape index (κ3) is 2.67. The minimum Gasteiger partial charge on any atom is -0.387 e. The molecule has 1 heterocycles. The van der Waals surface area contributed by atoms with Crippen molar-refractivity contribution in [3.8, 4) is 5.69 Å². The summed E-state index contributed by atoms with van der Waals surface area (Å²) >= 11 is 0. The second kappa shape index (κ2) is 5.46. The van der Waals surface area contributed by atoms with Crippen molar-refractivity contribution < 1.29 is 13.2 Å². The van der Waals surface area contributed by atoms with Gasteiger partial charge in [-0.3, -0.25) is 9.36 Å². The van der Waals surface area contributed by atoms with Crippen molar-refractivity contribution in [1.29, 1.82) is 0 Å². The van der Waals surface area contributed by atoms with E-state index >= 15 is 0 Å². The lowest BCUT2D eigenvalue weighted by Crippen LogP contribution is -2.19. The van der Waals surface area contributed by atoms with E-state index in [1.165, 1.54) is 16.7 Å². The predicted molar refractivity (Wildman–Crippen MR) is 84.1 cm³/mol. The largest absolute Gasteiger partial charge is 0.416 e. The second-order valence-corrected chi connectivity index (χ2v) is 5.05. The molecule has 0 aliphatic carbocycles. The van der Waals surface area contributed by atoms with Gasteiger partial charge >= 0.3 is 6.18 Å². The highest BCUT2D eigenvalue weighted by atomic mass is 19.4. The highest BCUT2D eigenvalue weighted by Gasteiger charge is 2.31. The Labute approximate surface area is 130 Å². The Morgan fingerprint density at radius 2 is 1.70 bits per heavy atom. The van der Waals surface area contributed by atoms with Gasteiger partial charge in [-0.25, -0.2) is 0 Å². The molecule has 0 spiro atoms.